The Balaban J connectivity index is 1.24. The molecule has 0 aromatic heterocycles. The summed E-state index contributed by atoms with van der Waals surface area (Å²) in [6.07, 6.45) is 1.95. The molecule has 0 unspecified atom stereocenters. The largest absolute Gasteiger partial charge is 0.376 e. The van der Waals surface area contributed by atoms with Crippen molar-refractivity contribution in [3.05, 3.63) is 65.7 Å². The van der Waals surface area contributed by atoms with E-state index in [2.05, 4.69) is 20.6 Å². The van der Waals surface area contributed by atoms with E-state index in [4.69, 9.17) is 4.74 Å². The highest BCUT2D eigenvalue weighted by Gasteiger charge is 2.42. The summed E-state index contributed by atoms with van der Waals surface area (Å²) >= 11 is 1.18. The van der Waals surface area contributed by atoms with Crippen LogP contribution in [0.2, 0.25) is 0 Å². The number of fused-ring (bicyclic) bond motifs is 3. The van der Waals surface area contributed by atoms with Gasteiger partial charge in [0.2, 0.25) is 11.8 Å². The van der Waals surface area contributed by atoms with Gasteiger partial charge in [0.05, 0.1) is 24.0 Å². The molecule has 0 radical (unpaired) electrons. The number of aliphatic imine (C=N–C) groups is 2. The van der Waals surface area contributed by atoms with Gasteiger partial charge in [-0.2, -0.15) is 0 Å². The van der Waals surface area contributed by atoms with Crippen LogP contribution in [0, 0.1) is 0 Å². The van der Waals surface area contributed by atoms with Crippen LogP contribution in [0.1, 0.15) is 30.4 Å². The first-order chi connectivity index (χ1) is 17.6. The van der Waals surface area contributed by atoms with E-state index in [1.807, 2.05) is 54.6 Å². The van der Waals surface area contributed by atoms with Gasteiger partial charge < -0.3 is 15.4 Å². The SMILES string of the molecule is O=C(CSC1=Nc2ccccc2C2=N[C@@H](CC(=O)NCc3ccccc3)C(=O)N12)NC[C@@H]1CCCO1. The van der Waals surface area contributed by atoms with Crippen molar-refractivity contribution in [3.63, 3.8) is 0 Å². The van der Waals surface area contributed by atoms with E-state index in [-0.39, 0.29) is 36.0 Å². The highest BCUT2D eigenvalue weighted by molar-refractivity contribution is 8.14. The lowest BCUT2D eigenvalue weighted by Crippen LogP contribution is -2.42. The van der Waals surface area contributed by atoms with E-state index in [1.165, 1.54) is 16.7 Å². The van der Waals surface area contributed by atoms with Gasteiger partial charge in [0.15, 0.2) is 5.17 Å². The zero-order valence-corrected chi connectivity index (χ0v) is 20.5. The quantitative estimate of drug-likeness (QED) is 0.572. The van der Waals surface area contributed by atoms with Crippen LogP contribution in [0.3, 0.4) is 0 Å². The Labute approximate surface area is 213 Å². The van der Waals surface area contributed by atoms with Gasteiger partial charge in [0.1, 0.15) is 11.9 Å². The summed E-state index contributed by atoms with van der Waals surface area (Å²) in [4.78, 5) is 49.1. The maximum absolute atomic E-state index is 13.3. The van der Waals surface area contributed by atoms with Gasteiger partial charge in [-0.3, -0.25) is 19.4 Å². The Kier molecular flexibility index (Phi) is 7.43. The highest BCUT2D eigenvalue weighted by atomic mass is 32.2. The summed E-state index contributed by atoms with van der Waals surface area (Å²) in [7, 11) is 0. The van der Waals surface area contributed by atoms with Crippen LogP contribution < -0.4 is 10.6 Å². The van der Waals surface area contributed by atoms with Gasteiger partial charge in [0.25, 0.3) is 5.91 Å². The number of hydrogen-bond acceptors (Lipinski definition) is 7. The van der Waals surface area contributed by atoms with E-state index >= 15 is 0 Å². The van der Waals surface area contributed by atoms with Crippen LogP contribution in [-0.4, -0.2) is 64.7 Å². The summed E-state index contributed by atoms with van der Waals surface area (Å²) in [5.74, 6) is -0.157. The summed E-state index contributed by atoms with van der Waals surface area (Å²) in [5, 5.41) is 6.13. The first kappa shape index (κ1) is 24.2. The van der Waals surface area contributed by atoms with Crippen LogP contribution in [0.15, 0.2) is 64.6 Å². The zero-order chi connectivity index (χ0) is 24.9. The maximum atomic E-state index is 13.3. The molecule has 3 aliphatic heterocycles. The first-order valence-corrected chi connectivity index (χ1v) is 13.0. The van der Waals surface area contributed by atoms with Crippen molar-refractivity contribution >= 4 is 46.2 Å². The summed E-state index contributed by atoms with van der Waals surface area (Å²) in [6.45, 7) is 1.59. The number of ether oxygens (including phenoxy) is 1. The van der Waals surface area contributed by atoms with Crippen molar-refractivity contribution in [1.82, 2.24) is 15.5 Å². The molecule has 1 fully saturated rings. The number of para-hydroxylation sites is 1. The average molecular weight is 506 g/mol. The van der Waals surface area contributed by atoms with Crippen molar-refractivity contribution in [2.24, 2.45) is 9.98 Å². The second-order valence-electron chi connectivity index (χ2n) is 8.75. The Morgan fingerprint density at radius 2 is 1.86 bits per heavy atom. The van der Waals surface area contributed by atoms with E-state index in [9.17, 15) is 14.4 Å². The van der Waals surface area contributed by atoms with Crippen LogP contribution in [0.4, 0.5) is 5.69 Å². The Morgan fingerprint density at radius 3 is 2.67 bits per heavy atom. The molecule has 10 heteroatoms. The predicted octanol–water partition coefficient (Wildman–Crippen LogP) is 2.38. The molecule has 0 bridgehead atoms. The number of benzene rings is 2. The minimum Gasteiger partial charge on any atom is -0.376 e. The lowest BCUT2D eigenvalue weighted by atomic mass is 10.1. The molecular formula is C26H27N5O4S. The molecule has 3 amide bonds. The minimum atomic E-state index is -0.846. The molecule has 2 aromatic rings. The topological polar surface area (TPSA) is 112 Å². The molecule has 0 spiro atoms. The van der Waals surface area contributed by atoms with Crippen molar-refractivity contribution in [1.29, 1.82) is 0 Å². The fourth-order valence-corrected chi connectivity index (χ4v) is 5.12. The number of carbonyl (C=O) groups is 3. The second kappa shape index (κ2) is 11.0. The smallest absolute Gasteiger partial charge is 0.259 e. The summed E-state index contributed by atoms with van der Waals surface area (Å²) in [5.41, 5.74) is 2.38. The monoisotopic (exact) mass is 505 g/mol. The Hall–Kier alpha value is -3.50. The number of carbonyl (C=O) groups excluding carboxylic acids is 3. The number of thioether (sulfide) groups is 1. The molecule has 0 aliphatic carbocycles. The molecule has 186 valence electrons. The number of nitrogens with one attached hydrogen (secondary N) is 2. The number of rotatable bonds is 8. The van der Waals surface area contributed by atoms with Crippen molar-refractivity contribution < 1.29 is 19.1 Å². The third-order valence-corrected chi connectivity index (χ3v) is 7.08. The van der Waals surface area contributed by atoms with Gasteiger partial charge in [-0.15, -0.1) is 0 Å². The number of hydrogen-bond donors (Lipinski definition) is 2. The van der Waals surface area contributed by atoms with Gasteiger partial charge in [-0.05, 0) is 30.5 Å². The highest BCUT2D eigenvalue weighted by Crippen LogP contribution is 2.34. The Morgan fingerprint density at radius 1 is 1.06 bits per heavy atom. The summed E-state index contributed by atoms with van der Waals surface area (Å²) < 4.78 is 5.55. The molecule has 2 aromatic carbocycles. The van der Waals surface area contributed by atoms with Crippen molar-refractivity contribution in [2.75, 3.05) is 18.9 Å². The predicted molar refractivity (Wildman–Crippen MR) is 138 cm³/mol. The van der Waals surface area contributed by atoms with Gasteiger partial charge >= 0.3 is 0 Å². The lowest BCUT2D eigenvalue weighted by molar-refractivity contribution is -0.128. The third-order valence-electron chi connectivity index (χ3n) is 6.14. The van der Waals surface area contributed by atoms with E-state index < -0.39 is 6.04 Å². The van der Waals surface area contributed by atoms with E-state index in [0.717, 1.165) is 30.6 Å². The number of nitrogens with zero attached hydrogens (tertiary/aromatic N) is 3. The third kappa shape index (κ3) is 5.50. The van der Waals surface area contributed by atoms with Crippen LogP contribution in [0.5, 0.6) is 0 Å². The zero-order valence-electron chi connectivity index (χ0n) is 19.7. The Bertz CT molecular complexity index is 1210. The first-order valence-electron chi connectivity index (χ1n) is 12.0. The molecule has 0 saturated carbocycles. The maximum Gasteiger partial charge on any atom is 0.259 e. The minimum absolute atomic E-state index is 0.0607. The molecule has 36 heavy (non-hydrogen) atoms. The number of amides is 3. The van der Waals surface area contributed by atoms with Gasteiger partial charge in [-0.25, -0.2) is 9.89 Å². The average Bonchev–Trinajstić information content (AvgIpc) is 3.54. The fraction of sp³-hybridized carbons (Fsp3) is 0.346. The molecular weight excluding hydrogens is 478 g/mol. The molecule has 9 nitrogen and oxygen atoms in total. The van der Waals surface area contributed by atoms with E-state index in [0.29, 0.717) is 29.8 Å². The fourth-order valence-electron chi connectivity index (χ4n) is 4.29. The standard InChI is InChI=1S/C26H27N5O4S/c32-22(27-14-17-7-2-1-3-8-17)13-21-25(34)31-24(29-21)19-10-4-5-11-20(19)30-26(31)36-16-23(33)28-15-18-9-6-12-35-18/h1-5,7-8,10-11,18,21H,6,9,12-16H2,(H,27,32)(H,28,33)/t18-,21-/m0/s1. The summed E-state index contributed by atoms with van der Waals surface area (Å²) in [6, 6.07) is 16.2. The van der Waals surface area contributed by atoms with Gasteiger partial charge in [-0.1, -0.05) is 54.2 Å². The molecule has 3 heterocycles. The molecule has 2 atom stereocenters. The second-order valence-corrected chi connectivity index (χ2v) is 9.69. The van der Waals surface area contributed by atoms with Crippen LogP contribution in [0.25, 0.3) is 0 Å². The van der Waals surface area contributed by atoms with Crippen molar-refractivity contribution in [3.8, 4) is 0 Å². The molecule has 2 N–H and O–H groups in total. The van der Waals surface area contributed by atoms with Crippen LogP contribution >= 0.6 is 11.8 Å². The van der Waals surface area contributed by atoms with E-state index in [1.54, 1.807) is 0 Å². The molecule has 3 aliphatic rings. The lowest BCUT2D eigenvalue weighted by Gasteiger charge is -2.25. The van der Waals surface area contributed by atoms with Gasteiger partial charge in [0, 0.05) is 25.3 Å². The van der Waals surface area contributed by atoms with Crippen molar-refractivity contribution in [2.45, 2.75) is 38.0 Å². The molecule has 1 saturated heterocycles. The van der Waals surface area contributed by atoms with Crippen LogP contribution in [-0.2, 0) is 25.7 Å². The molecule has 5 rings (SSSR count). The number of amidine groups is 2. The normalized spacial score (nSPS) is 20.3.